The molecule has 1 atom stereocenters. The minimum atomic E-state index is -3.79. The molecule has 1 aliphatic rings. The van der Waals surface area contributed by atoms with Crippen molar-refractivity contribution >= 4 is 33.4 Å². The standard InChI is InChI=1S/C12H17N3O3S2/c1-7-3-9(20(13,17)18)4-10(8(7)2)15-12(16)11-5-19-6-14-11/h3-4,11,14H,5-6H2,1-2H3,(H,15,16)(H2,13,17,18)/t11-/m1/s1. The lowest BCUT2D eigenvalue weighted by Gasteiger charge is -2.15. The van der Waals surface area contributed by atoms with E-state index in [1.165, 1.54) is 12.1 Å². The maximum Gasteiger partial charge on any atom is 0.242 e. The second kappa shape index (κ2) is 5.72. The maximum absolute atomic E-state index is 12.1. The number of sulfonamides is 1. The van der Waals surface area contributed by atoms with Gasteiger partial charge in [-0.25, -0.2) is 13.6 Å². The van der Waals surface area contributed by atoms with Gasteiger partial charge >= 0.3 is 0 Å². The summed E-state index contributed by atoms with van der Waals surface area (Å²) in [6, 6.07) is 2.65. The molecule has 110 valence electrons. The van der Waals surface area contributed by atoms with Crippen molar-refractivity contribution in [3.8, 4) is 0 Å². The Morgan fingerprint density at radius 1 is 1.45 bits per heavy atom. The fourth-order valence-corrected chi connectivity index (χ4v) is 3.47. The minimum absolute atomic E-state index is 0.00431. The number of carbonyl (C=O) groups is 1. The van der Waals surface area contributed by atoms with Crippen LogP contribution in [-0.2, 0) is 14.8 Å². The third kappa shape index (κ3) is 3.32. The van der Waals surface area contributed by atoms with E-state index in [0.717, 1.165) is 17.0 Å². The Labute approximate surface area is 122 Å². The second-order valence-corrected chi connectivity index (χ2v) is 7.31. The quantitative estimate of drug-likeness (QED) is 0.756. The molecule has 1 fully saturated rings. The molecule has 1 saturated heterocycles. The van der Waals surface area contributed by atoms with Crippen LogP contribution in [0.2, 0.25) is 0 Å². The third-order valence-corrected chi connectivity index (χ3v) is 5.09. The number of benzene rings is 1. The molecule has 0 aliphatic carbocycles. The van der Waals surface area contributed by atoms with Crippen LogP contribution in [0, 0.1) is 13.8 Å². The Morgan fingerprint density at radius 2 is 2.15 bits per heavy atom. The SMILES string of the molecule is Cc1cc(S(N)(=O)=O)cc(NC(=O)[C@H]2CSCN2)c1C. The highest BCUT2D eigenvalue weighted by Crippen LogP contribution is 2.24. The van der Waals surface area contributed by atoms with Crippen molar-refractivity contribution < 1.29 is 13.2 Å². The van der Waals surface area contributed by atoms with Gasteiger partial charge in [0.05, 0.1) is 10.9 Å². The van der Waals surface area contributed by atoms with E-state index in [2.05, 4.69) is 10.6 Å². The zero-order valence-corrected chi connectivity index (χ0v) is 12.9. The van der Waals surface area contributed by atoms with Crippen LogP contribution in [0.3, 0.4) is 0 Å². The third-order valence-electron chi connectivity index (χ3n) is 3.26. The highest BCUT2D eigenvalue weighted by Gasteiger charge is 2.23. The Kier molecular flexibility index (Phi) is 4.38. The van der Waals surface area contributed by atoms with Gasteiger partial charge in [-0.15, -0.1) is 11.8 Å². The fraction of sp³-hybridized carbons (Fsp3) is 0.417. The molecule has 0 radical (unpaired) electrons. The maximum atomic E-state index is 12.1. The highest BCUT2D eigenvalue weighted by atomic mass is 32.2. The van der Waals surface area contributed by atoms with Crippen LogP contribution in [-0.4, -0.2) is 32.0 Å². The van der Waals surface area contributed by atoms with Crippen molar-refractivity contribution in [1.29, 1.82) is 0 Å². The van der Waals surface area contributed by atoms with E-state index in [1.54, 1.807) is 18.7 Å². The van der Waals surface area contributed by atoms with Crippen molar-refractivity contribution in [2.45, 2.75) is 24.8 Å². The van der Waals surface area contributed by atoms with Crippen LogP contribution < -0.4 is 15.8 Å². The number of nitrogens with one attached hydrogen (secondary N) is 2. The van der Waals surface area contributed by atoms with Gasteiger partial charge in [0.15, 0.2) is 0 Å². The first-order valence-electron chi connectivity index (χ1n) is 6.05. The summed E-state index contributed by atoms with van der Waals surface area (Å²) in [6.07, 6.45) is 0. The van der Waals surface area contributed by atoms with Gasteiger partial charge in [0.25, 0.3) is 0 Å². The van der Waals surface area contributed by atoms with E-state index in [-0.39, 0.29) is 16.8 Å². The van der Waals surface area contributed by atoms with E-state index < -0.39 is 10.0 Å². The molecule has 1 aromatic carbocycles. The zero-order chi connectivity index (χ0) is 14.9. The largest absolute Gasteiger partial charge is 0.324 e. The van der Waals surface area contributed by atoms with Gasteiger partial charge in [0, 0.05) is 17.3 Å². The van der Waals surface area contributed by atoms with Crippen LogP contribution in [0.5, 0.6) is 0 Å². The van der Waals surface area contributed by atoms with Crippen molar-refractivity contribution in [2.75, 3.05) is 16.9 Å². The van der Waals surface area contributed by atoms with Gasteiger partial charge in [0.1, 0.15) is 0 Å². The molecule has 1 aliphatic heterocycles. The van der Waals surface area contributed by atoms with Gasteiger partial charge < -0.3 is 5.32 Å². The molecule has 0 saturated carbocycles. The summed E-state index contributed by atoms with van der Waals surface area (Å²) < 4.78 is 22.9. The second-order valence-electron chi connectivity index (χ2n) is 4.72. The summed E-state index contributed by atoms with van der Waals surface area (Å²) >= 11 is 1.65. The lowest BCUT2D eigenvalue weighted by Crippen LogP contribution is -2.37. The van der Waals surface area contributed by atoms with Crippen LogP contribution in [0.25, 0.3) is 0 Å². The summed E-state index contributed by atoms with van der Waals surface area (Å²) in [5, 5.41) is 11.0. The van der Waals surface area contributed by atoms with Gasteiger partial charge in [-0.05, 0) is 37.1 Å². The lowest BCUT2D eigenvalue weighted by atomic mass is 10.1. The molecule has 0 unspecified atom stereocenters. The smallest absolute Gasteiger partial charge is 0.242 e. The number of aryl methyl sites for hydroxylation is 1. The predicted molar refractivity (Wildman–Crippen MR) is 80.2 cm³/mol. The summed E-state index contributed by atoms with van der Waals surface area (Å²) in [5.41, 5.74) is 2.08. The molecule has 1 heterocycles. The summed E-state index contributed by atoms with van der Waals surface area (Å²) in [7, 11) is -3.79. The molecule has 6 nitrogen and oxygen atoms in total. The van der Waals surface area contributed by atoms with Crippen LogP contribution >= 0.6 is 11.8 Å². The minimum Gasteiger partial charge on any atom is -0.324 e. The van der Waals surface area contributed by atoms with E-state index >= 15 is 0 Å². The predicted octanol–water partition coefficient (Wildman–Crippen LogP) is 0.552. The highest BCUT2D eigenvalue weighted by molar-refractivity contribution is 7.99. The van der Waals surface area contributed by atoms with Crippen LogP contribution in [0.4, 0.5) is 5.69 Å². The number of primary sulfonamides is 1. The van der Waals surface area contributed by atoms with E-state index in [9.17, 15) is 13.2 Å². The molecule has 8 heteroatoms. The molecule has 0 aromatic heterocycles. The molecule has 0 spiro atoms. The summed E-state index contributed by atoms with van der Waals surface area (Å²) in [5.74, 6) is 1.29. The summed E-state index contributed by atoms with van der Waals surface area (Å²) in [4.78, 5) is 12.1. The molecule has 1 aromatic rings. The number of thioether (sulfide) groups is 1. The van der Waals surface area contributed by atoms with Crippen molar-refractivity contribution in [1.82, 2.24) is 5.32 Å². The molecular formula is C12H17N3O3S2. The number of anilines is 1. The first-order chi connectivity index (χ1) is 9.29. The van der Waals surface area contributed by atoms with Gasteiger partial charge in [-0.1, -0.05) is 0 Å². The topological polar surface area (TPSA) is 101 Å². The van der Waals surface area contributed by atoms with E-state index in [0.29, 0.717) is 11.4 Å². The molecule has 0 bridgehead atoms. The van der Waals surface area contributed by atoms with Crippen LogP contribution in [0.1, 0.15) is 11.1 Å². The number of hydrogen-bond donors (Lipinski definition) is 3. The van der Waals surface area contributed by atoms with Crippen molar-refractivity contribution in [3.05, 3.63) is 23.3 Å². The van der Waals surface area contributed by atoms with Gasteiger partial charge in [-0.2, -0.15) is 0 Å². The number of nitrogens with two attached hydrogens (primary N) is 1. The molecule has 4 N–H and O–H groups in total. The summed E-state index contributed by atoms with van der Waals surface area (Å²) in [6.45, 7) is 3.61. The van der Waals surface area contributed by atoms with Gasteiger partial charge in [0.2, 0.25) is 15.9 Å². The van der Waals surface area contributed by atoms with Gasteiger partial charge in [-0.3, -0.25) is 10.1 Å². The Morgan fingerprint density at radius 3 is 2.70 bits per heavy atom. The van der Waals surface area contributed by atoms with Crippen molar-refractivity contribution in [3.63, 3.8) is 0 Å². The van der Waals surface area contributed by atoms with E-state index in [1.807, 2.05) is 6.92 Å². The normalized spacial score (nSPS) is 19.1. The van der Waals surface area contributed by atoms with Crippen molar-refractivity contribution in [2.24, 2.45) is 5.14 Å². The first-order valence-corrected chi connectivity index (χ1v) is 8.75. The average molecular weight is 315 g/mol. The zero-order valence-electron chi connectivity index (χ0n) is 11.3. The average Bonchev–Trinajstić information content (AvgIpc) is 2.87. The number of hydrogen-bond acceptors (Lipinski definition) is 5. The monoisotopic (exact) mass is 315 g/mol. The fourth-order valence-electron chi connectivity index (χ4n) is 1.90. The molecule has 1 amide bonds. The first kappa shape index (κ1) is 15.3. The molecule has 2 rings (SSSR count). The number of carbonyl (C=O) groups excluding carboxylic acids is 1. The van der Waals surface area contributed by atoms with E-state index in [4.69, 9.17) is 5.14 Å². The Bertz CT molecular complexity index is 638. The van der Waals surface area contributed by atoms with Crippen LogP contribution in [0.15, 0.2) is 17.0 Å². The number of rotatable bonds is 3. The molecule has 20 heavy (non-hydrogen) atoms. The Hall–Kier alpha value is -1.09. The number of amides is 1. The Balaban J connectivity index is 2.31. The lowest BCUT2D eigenvalue weighted by molar-refractivity contribution is -0.117. The molecular weight excluding hydrogens is 298 g/mol.